The number of aliphatic carboxylic acids is 1. The molecule has 3 aromatic rings. The zero-order valence-corrected chi connectivity index (χ0v) is 23.8. The predicted molar refractivity (Wildman–Crippen MR) is 149 cm³/mol. The van der Waals surface area contributed by atoms with Gasteiger partial charge >= 0.3 is 12.1 Å². The molecule has 0 bridgehead atoms. The summed E-state index contributed by atoms with van der Waals surface area (Å²) in [6, 6.07) is 6.31. The monoisotopic (exact) mass is 574 g/mol. The Morgan fingerprint density at radius 1 is 1.18 bits per heavy atom. The number of benzene rings is 1. The first-order chi connectivity index (χ1) is 18.5. The van der Waals surface area contributed by atoms with Gasteiger partial charge in [-0.05, 0) is 65.5 Å². The van der Waals surface area contributed by atoms with Crippen molar-refractivity contribution in [3.8, 4) is 10.4 Å². The van der Waals surface area contributed by atoms with E-state index in [4.69, 9.17) is 0 Å². The highest BCUT2D eigenvalue weighted by atomic mass is 32.1. The molecule has 1 fully saturated rings. The number of aliphatic hydroxyl groups is 1. The third-order valence-corrected chi connectivity index (χ3v) is 8.20. The molecule has 3 N–H and O–H groups in total. The van der Waals surface area contributed by atoms with Crippen LogP contribution in [0.3, 0.4) is 0 Å². The topological polar surface area (TPSA) is 108 Å². The average molecular weight is 575 g/mol. The van der Waals surface area contributed by atoms with E-state index in [2.05, 4.69) is 41.0 Å². The maximum Gasteiger partial charge on any atom is 0.433 e. The Kier molecular flexibility index (Phi) is 7.85. The Balaban J connectivity index is 1.69. The average Bonchev–Trinajstić information content (AvgIpc) is 3.32. The van der Waals surface area contributed by atoms with Gasteiger partial charge in [-0.3, -0.25) is 4.79 Å². The van der Waals surface area contributed by atoms with Crippen LogP contribution in [0.25, 0.3) is 16.5 Å². The number of carbonyl (C=O) groups is 1. The number of thiazole rings is 1. The van der Waals surface area contributed by atoms with E-state index in [-0.39, 0.29) is 24.2 Å². The molecule has 0 unspecified atom stereocenters. The summed E-state index contributed by atoms with van der Waals surface area (Å²) in [6.07, 6.45) is 2.97. The standard InChI is InChI=1S/C29H33F3N4O3S/c1-26(2,3)9-6-17-12-18(14-19(13-17)35-25-33-11-8-22(36-25)29(30,31)32)21-15-34-24(40-21)28(39)10-7-20(23(37)38)27(4,5)16-28/h6,8-9,11-15,20,39H,7,10,16H2,1-5H3,(H,37,38)(H,33,35,36)/b9-6-/t20-,28-/m0/s1. The van der Waals surface area contributed by atoms with E-state index in [0.717, 1.165) is 28.3 Å². The zero-order chi connectivity index (χ0) is 29.5. The van der Waals surface area contributed by atoms with Crippen molar-refractivity contribution in [1.29, 1.82) is 0 Å². The van der Waals surface area contributed by atoms with Crippen molar-refractivity contribution in [1.82, 2.24) is 15.0 Å². The van der Waals surface area contributed by atoms with E-state index < -0.39 is 34.8 Å². The number of carboxylic acids is 1. The first kappa shape index (κ1) is 29.7. The minimum absolute atomic E-state index is 0.101. The van der Waals surface area contributed by atoms with E-state index >= 15 is 0 Å². The summed E-state index contributed by atoms with van der Waals surface area (Å²) in [5.74, 6) is -1.60. The molecule has 1 aliphatic rings. The maximum atomic E-state index is 13.2. The van der Waals surface area contributed by atoms with E-state index in [1.165, 1.54) is 11.3 Å². The van der Waals surface area contributed by atoms with Crippen molar-refractivity contribution in [2.75, 3.05) is 5.32 Å². The molecule has 4 rings (SSSR count). The lowest BCUT2D eigenvalue weighted by atomic mass is 9.63. The van der Waals surface area contributed by atoms with Crippen LogP contribution >= 0.6 is 11.3 Å². The third-order valence-electron chi connectivity index (χ3n) is 6.96. The van der Waals surface area contributed by atoms with Crippen LogP contribution in [0, 0.1) is 16.7 Å². The van der Waals surface area contributed by atoms with Gasteiger partial charge in [-0.2, -0.15) is 13.2 Å². The summed E-state index contributed by atoms with van der Waals surface area (Å²) in [7, 11) is 0. The van der Waals surface area contributed by atoms with Crippen LogP contribution in [-0.4, -0.2) is 31.1 Å². The molecule has 7 nitrogen and oxygen atoms in total. The minimum Gasteiger partial charge on any atom is -0.481 e. The quantitative estimate of drug-likeness (QED) is 0.279. The van der Waals surface area contributed by atoms with Gasteiger partial charge in [-0.15, -0.1) is 11.3 Å². The molecule has 1 aromatic carbocycles. The lowest BCUT2D eigenvalue weighted by molar-refractivity contribution is -0.154. The van der Waals surface area contributed by atoms with Gasteiger partial charge in [0.2, 0.25) is 5.95 Å². The van der Waals surface area contributed by atoms with E-state index in [1.807, 2.05) is 32.1 Å². The van der Waals surface area contributed by atoms with Crippen molar-refractivity contribution in [3.05, 3.63) is 59.0 Å². The molecule has 2 atom stereocenters. The summed E-state index contributed by atoms with van der Waals surface area (Å²) in [4.78, 5) is 24.5. The molecule has 2 heterocycles. The molecule has 40 heavy (non-hydrogen) atoms. The number of aromatic nitrogens is 3. The van der Waals surface area contributed by atoms with E-state index in [9.17, 15) is 28.2 Å². The zero-order valence-electron chi connectivity index (χ0n) is 23.0. The van der Waals surface area contributed by atoms with E-state index in [0.29, 0.717) is 17.1 Å². The molecule has 0 saturated heterocycles. The fourth-order valence-corrected chi connectivity index (χ4v) is 6.04. The Hall–Kier alpha value is -3.31. The summed E-state index contributed by atoms with van der Waals surface area (Å²) >= 11 is 1.31. The molecule has 11 heteroatoms. The Morgan fingerprint density at radius 3 is 2.52 bits per heavy atom. The number of hydrogen-bond acceptors (Lipinski definition) is 7. The first-order valence-corrected chi connectivity index (χ1v) is 13.7. The fraction of sp³-hybridized carbons (Fsp3) is 0.448. The van der Waals surface area contributed by atoms with Crippen LogP contribution in [0.1, 0.15) is 70.1 Å². The number of carboxylic acid groups (broad SMARTS) is 1. The van der Waals surface area contributed by atoms with Gasteiger partial charge in [0.15, 0.2) is 0 Å². The molecule has 2 aromatic heterocycles. The number of anilines is 2. The van der Waals surface area contributed by atoms with Gasteiger partial charge in [0, 0.05) is 18.1 Å². The lowest BCUT2D eigenvalue weighted by Gasteiger charge is -2.44. The van der Waals surface area contributed by atoms with Gasteiger partial charge in [0.05, 0.1) is 10.8 Å². The second-order valence-electron chi connectivity index (χ2n) is 12.1. The van der Waals surface area contributed by atoms with Crippen molar-refractivity contribution >= 4 is 35.0 Å². The maximum absolute atomic E-state index is 13.2. The smallest absolute Gasteiger partial charge is 0.433 e. The number of nitrogens with one attached hydrogen (secondary N) is 1. The van der Waals surface area contributed by atoms with Crippen molar-refractivity contribution < 1.29 is 28.2 Å². The SMILES string of the molecule is CC(C)(C)/C=C\c1cc(Nc2nccc(C(F)(F)F)n2)cc(-c2cnc([C@]3(O)CC[C@@H](C(=O)O)C(C)(C)C3)s2)c1. The van der Waals surface area contributed by atoms with Crippen LogP contribution in [0.15, 0.2) is 42.7 Å². The van der Waals surface area contributed by atoms with Crippen molar-refractivity contribution in [3.63, 3.8) is 0 Å². The lowest BCUT2D eigenvalue weighted by Crippen LogP contribution is -2.44. The van der Waals surface area contributed by atoms with Crippen LogP contribution < -0.4 is 5.32 Å². The summed E-state index contributed by atoms with van der Waals surface area (Å²) in [5.41, 5.74) is -0.984. The number of allylic oxidation sites excluding steroid dienone is 1. The number of rotatable bonds is 6. The second kappa shape index (κ2) is 10.6. The van der Waals surface area contributed by atoms with Crippen LogP contribution in [0.4, 0.5) is 24.8 Å². The van der Waals surface area contributed by atoms with Gasteiger partial charge < -0.3 is 15.5 Å². The Labute approximate surface area is 235 Å². The Morgan fingerprint density at radius 2 is 1.90 bits per heavy atom. The number of halogens is 3. The molecule has 0 spiro atoms. The van der Waals surface area contributed by atoms with Crippen LogP contribution in [0.5, 0.6) is 0 Å². The molecular weight excluding hydrogens is 541 g/mol. The molecule has 214 valence electrons. The predicted octanol–water partition coefficient (Wildman–Crippen LogP) is 7.52. The summed E-state index contributed by atoms with van der Waals surface area (Å²) in [6.45, 7) is 9.87. The van der Waals surface area contributed by atoms with Gasteiger partial charge in [-0.1, -0.05) is 46.8 Å². The van der Waals surface area contributed by atoms with Crippen LogP contribution in [0.2, 0.25) is 0 Å². The summed E-state index contributed by atoms with van der Waals surface area (Å²) in [5, 5.41) is 24.5. The molecule has 0 aliphatic heterocycles. The molecule has 1 saturated carbocycles. The third kappa shape index (κ3) is 6.87. The van der Waals surface area contributed by atoms with Crippen molar-refractivity contribution in [2.24, 2.45) is 16.7 Å². The van der Waals surface area contributed by atoms with E-state index in [1.54, 1.807) is 18.3 Å². The number of nitrogens with zero attached hydrogens (tertiary/aromatic N) is 3. The highest BCUT2D eigenvalue weighted by Gasteiger charge is 2.49. The van der Waals surface area contributed by atoms with Gasteiger partial charge in [-0.25, -0.2) is 15.0 Å². The highest BCUT2D eigenvalue weighted by molar-refractivity contribution is 7.15. The molecule has 0 amide bonds. The van der Waals surface area contributed by atoms with Crippen LogP contribution in [-0.2, 0) is 16.6 Å². The normalized spacial score (nSPS) is 21.5. The summed E-state index contributed by atoms with van der Waals surface area (Å²) < 4.78 is 39.5. The molecule has 1 aliphatic carbocycles. The molecule has 0 radical (unpaired) electrons. The van der Waals surface area contributed by atoms with Gasteiger partial charge in [0.25, 0.3) is 0 Å². The Bertz CT molecular complexity index is 1430. The number of hydrogen-bond donors (Lipinski definition) is 3. The first-order valence-electron chi connectivity index (χ1n) is 12.9. The largest absolute Gasteiger partial charge is 0.481 e. The van der Waals surface area contributed by atoms with Gasteiger partial charge in [0.1, 0.15) is 16.3 Å². The highest BCUT2D eigenvalue weighted by Crippen LogP contribution is 2.51. The number of alkyl halides is 3. The second-order valence-corrected chi connectivity index (χ2v) is 13.1. The fourth-order valence-electron chi connectivity index (χ4n) is 5.02. The minimum atomic E-state index is -4.60. The van der Waals surface area contributed by atoms with Crippen molar-refractivity contribution in [2.45, 2.75) is 65.7 Å². The molecular formula is C29H33F3N4O3S.